The predicted octanol–water partition coefficient (Wildman–Crippen LogP) is 4.96. The first-order valence-electron chi connectivity index (χ1n) is 9.05. The van der Waals surface area contributed by atoms with Crippen LogP contribution >= 0.6 is 0 Å². The van der Waals surface area contributed by atoms with Crippen LogP contribution < -0.4 is 10.6 Å². The topological polar surface area (TPSA) is 66.9 Å². The molecule has 0 fully saturated rings. The molecule has 0 saturated heterocycles. The maximum Gasteiger partial charge on any atom is 0.274 e. The van der Waals surface area contributed by atoms with E-state index in [-0.39, 0.29) is 5.91 Å². The number of nitrogens with one attached hydrogen (secondary N) is 2. The fraction of sp³-hybridized carbons (Fsp3) is 0.227. The molecule has 5 heteroatoms. The van der Waals surface area contributed by atoms with Gasteiger partial charge in [0, 0.05) is 17.1 Å². The largest absolute Gasteiger partial charge is 0.324 e. The number of hydrogen-bond acceptors (Lipinski definition) is 4. The first-order chi connectivity index (χ1) is 12.9. The SMILES string of the molecule is CCc1ccc(NC(=O)c2cc(C)nc(Nc3ccc(C)c(C)c3)n2)cc1. The van der Waals surface area contributed by atoms with Gasteiger partial charge in [-0.3, -0.25) is 4.79 Å². The second-order valence-corrected chi connectivity index (χ2v) is 6.65. The van der Waals surface area contributed by atoms with Gasteiger partial charge in [0.05, 0.1) is 0 Å². The van der Waals surface area contributed by atoms with Crippen molar-refractivity contribution in [2.75, 3.05) is 10.6 Å². The van der Waals surface area contributed by atoms with E-state index in [0.717, 1.165) is 23.5 Å². The van der Waals surface area contributed by atoms with E-state index in [0.29, 0.717) is 11.6 Å². The number of nitrogens with zero attached hydrogens (tertiary/aromatic N) is 2. The smallest absolute Gasteiger partial charge is 0.274 e. The van der Waals surface area contributed by atoms with Crippen molar-refractivity contribution in [3.63, 3.8) is 0 Å². The van der Waals surface area contributed by atoms with E-state index in [9.17, 15) is 4.79 Å². The van der Waals surface area contributed by atoms with Gasteiger partial charge in [-0.2, -0.15) is 0 Å². The van der Waals surface area contributed by atoms with Crippen LogP contribution in [-0.2, 0) is 6.42 Å². The summed E-state index contributed by atoms with van der Waals surface area (Å²) in [6.45, 7) is 8.07. The molecule has 0 unspecified atom stereocenters. The molecule has 3 aromatic rings. The lowest BCUT2D eigenvalue weighted by Crippen LogP contribution is -2.15. The van der Waals surface area contributed by atoms with E-state index in [2.05, 4.69) is 41.4 Å². The molecule has 0 bridgehead atoms. The van der Waals surface area contributed by atoms with E-state index in [1.807, 2.05) is 49.4 Å². The molecule has 27 heavy (non-hydrogen) atoms. The lowest BCUT2D eigenvalue weighted by atomic mass is 10.1. The number of anilines is 3. The lowest BCUT2D eigenvalue weighted by molar-refractivity contribution is 0.102. The standard InChI is InChI=1S/C22H24N4O/c1-5-17-7-10-18(11-8-17)24-21(27)20-13-16(4)23-22(26-20)25-19-9-6-14(2)15(3)12-19/h6-13H,5H2,1-4H3,(H,24,27)(H,23,25,26). The van der Waals surface area contributed by atoms with Crippen LogP contribution in [0.1, 0.15) is 39.8 Å². The molecule has 1 heterocycles. The molecule has 0 spiro atoms. The van der Waals surface area contributed by atoms with Gasteiger partial charge in [0.1, 0.15) is 5.69 Å². The predicted molar refractivity (Wildman–Crippen MR) is 110 cm³/mol. The minimum absolute atomic E-state index is 0.257. The van der Waals surface area contributed by atoms with Gasteiger partial charge in [-0.15, -0.1) is 0 Å². The van der Waals surface area contributed by atoms with Crippen LogP contribution in [0.15, 0.2) is 48.5 Å². The molecule has 1 aromatic heterocycles. The summed E-state index contributed by atoms with van der Waals surface area (Å²) in [6, 6.07) is 15.6. The van der Waals surface area contributed by atoms with Crippen LogP contribution in [0.4, 0.5) is 17.3 Å². The van der Waals surface area contributed by atoms with E-state index in [1.165, 1.54) is 16.7 Å². The molecule has 2 aromatic carbocycles. The lowest BCUT2D eigenvalue weighted by Gasteiger charge is -2.10. The highest BCUT2D eigenvalue weighted by atomic mass is 16.1. The zero-order valence-corrected chi connectivity index (χ0v) is 16.1. The highest BCUT2D eigenvalue weighted by molar-refractivity contribution is 6.03. The van der Waals surface area contributed by atoms with Gasteiger partial charge in [0.2, 0.25) is 5.95 Å². The summed E-state index contributed by atoms with van der Waals surface area (Å²) in [6.07, 6.45) is 0.965. The molecule has 138 valence electrons. The van der Waals surface area contributed by atoms with Gasteiger partial charge in [0.15, 0.2) is 0 Å². The van der Waals surface area contributed by atoms with Gasteiger partial charge in [-0.05, 0) is 74.2 Å². The van der Waals surface area contributed by atoms with Crippen molar-refractivity contribution in [1.82, 2.24) is 9.97 Å². The number of aromatic nitrogens is 2. The van der Waals surface area contributed by atoms with Gasteiger partial charge >= 0.3 is 0 Å². The van der Waals surface area contributed by atoms with Crippen LogP contribution in [0.5, 0.6) is 0 Å². The maximum atomic E-state index is 12.6. The third-order valence-electron chi connectivity index (χ3n) is 4.47. The van der Waals surface area contributed by atoms with Crippen molar-refractivity contribution in [2.24, 2.45) is 0 Å². The number of rotatable bonds is 5. The van der Waals surface area contributed by atoms with Gasteiger partial charge in [-0.1, -0.05) is 25.1 Å². The molecule has 5 nitrogen and oxygen atoms in total. The molecule has 0 radical (unpaired) electrons. The Balaban J connectivity index is 1.79. The maximum absolute atomic E-state index is 12.6. The fourth-order valence-corrected chi connectivity index (χ4v) is 2.71. The second-order valence-electron chi connectivity index (χ2n) is 6.65. The van der Waals surface area contributed by atoms with Crippen molar-refractivity contribution in [1.29, 1.82) is 0 Å². The van der Waals surface area contributed by atoms with Crippen molar-refractivity contribution in [2.45, 2.75) is 34.1 Å². The van der Waals surface area contributed by atoms with Crippen LogP contribution in [0.3, 0.4) is 0 Å². The van der Waals surface area contributed by atoms with Crippen molar-refractivity contribution in [3.05, 3.63) is 76.6 Å². The third-order valence-corrected chi connectivity index (χ3v) is 4.47. The number of carbonyl (C=O) groups is 1. The Morgan fingerprint density at radius 2 is 1.59 bits per heavy atom. The Bertz CT molecular complexity index is 965. The highest BCUT2D eigenvalue weighted by Gasteiger charge is 2.11. The number of benzene rings is 2. The van der Waals surface area contributed by atoms with E-state index in [4.69, 9.17) is 0 Å². The highest BCUT2D eigenvalue weighted by Crippen LogP contribution is 2.18. The Labute approximate surface area is 159 Å². The van der Waals surface area contributed by atoms with Gasteiger partial charge in [0.25, 0.3) is 5.91 Å². The Morgan fingerprint density at radius 3 is 2.26 bits per heavy atom. The van der Waals surface area contributed by atoms with Gasteiger partial charge in [-0.25, -0.2) is 9.97 Å². The van der Waals surface area contributed by atoms with Crippen LogP contribution in [0.25, 0.3) is 0 Å². The zero-order chi connectivity index (χ0) is 19.4. The van der Waals surface area contributed by atoms with Crippen LogP contribution in [-0.4, -0.2) is 15.9 Å². The first kappa shape index (κ1) is 18.6. The van der Waals surface area contributed by atoms with E-state index >= 15 is 0 Å². The third kappa shape index (κ3) is 4.70. The molecule has 1 amide bonds. The van der Waals surface area contributed by atoms with Crippen molar-refractivity contribution >= 4 is 23.2 Å². The van der Waals surface area contributed by atoms with Crippen molar-refractivity contribution < 1.29 is 4.79 Å². The molecule has 0 atom stereocenters. The molecule has 0 saturated carbocycles. The quantitative estimate of drug-likeness (QED) is 0.675. The summed E-state index contributed by atoms with van der Waals surface area (Å²) >= 11 is 0. The zero-order valence-electron chi connectivity index (χ0n) is 16.1. The number of amides is 1. The Hall–Kier alpha value is -3.21. The molecule has 3 rings (SSSR count). The fourth-order valence-electron chi connectivity index (χ4n) is 2.71. The summed E-state index contributed by atoms with van der Waals surface area (Å²) in [5, 5.41) is 6.07. The summed E-state index contributed by atoms with van der Waals surface area (Å²) < 4.78 is 0. The summed E-state index contributed by atoms with van der Waals surface area (Å²) in [5.41, 5.74) is 6.32. The normalized spacial score (nSPS) is 10.5. The van der Waals surface area contributed by atoms with Crippen LogP contribution in [0, 0.1) is 20.8 Å². The van der Waals surface area contributed by atoms with Crippen LogP contribution in [0.2, 0.25) is 0 Å². The minimum Gasteiger partial charge on any atom is -0.324 e. The number of aryl methyl sites for hydroxylation is 4. The first-order valence-corrected chi connectivity index (χ1v) is 9.05. The van der Waals surface area contributed by atoms with Gasteiger partial charge < -0.3 is 10.6 Å². The summed E-state index contributed by atoms with van der Waals surface area (Å²) in [4.78, 5) is 21.4. The summed E-state index contributed by atoms with van der Waals surface area (Å²) in [5.74, 6) is 0.151. The summed E-state index contributed by atoms with van der Waals surface area (Å²) in [7, 11) is 0. The molecule has 0 aliphatic carbocycles. The molecular formula is C22H24N4O. The van der Waals surface area contributed by atoms with E-state index in [1.54, 1.807) is 6.07 Å². The monoisotopic (exact) mass is 360 g/mol. The average Bonchev–Trinajstić information content (AvgIpc) is 2.65. The molecule has 0 aliphatic heterocycles. The molecular weight excluding hydrogens is 336 g/mol. The Kier molecular flexibility index (Phi) is 5.50. The number of hydrogen-bond donors (Lipinski definition) is 2. The Morgan fingerprint density at radius 1 is 0.889 bits per heavy atom. The van der Waals surface area contributed by atoms with Crippen molar-refractivity contribution in [3.8, 4) is 0 Å². The number of carbonyl (C=O) groups excluding carboxylic acids is 1. The molecule has 0 aliphatic rings. The second kappa shape index (κ2) is 7.99. The molecule has 2 N–H and O–H groups in total. The average molecular weight is 360 g/mol. The minimum atomic E-state index is -0.257. The van der Waals surface area contributed by atoms with E-state index < -0.39 is 0 Å².